The Morgan fingerprint density at radius 3 is 1.70 bits per heavy atom. The Morgan fingerprint density at radius 1 is 0.652 bits per heavy atom. The lowest BCUT2D eigenvalue weighted by atomic mass is 10.2. The zero-order valence-corrected chi connectivity index (χ0v) is 15.5. The lowest BCUT2D eigenvalue weighted by Gasteiger charge is -2.33. The predicted octanol–water partition coefficient (Wildman–Crippen LogP) is 5.67. The van der Waals surface area contributed by atoms with Crippen LogP contribution in [-0.2, 0) is 0 Å². The van der Waals surface area contributed by atoms with E-state index >= 15 is 0 Å². The van der Waals surface area contributed by atoms with E-state index in [0.717, 1.165) is 0 Å². The lowest BCUT2D eigenvalue weighted by molar-refractivity contribution is 1.27. The third-order valence-corrected chi connectivity index (χ3v) is 10.9. The fourth-order valence-corrected chi connectivity index (χ4v) is 8.17. The van der Waals surface area contributed by atoms with Gasteiger partial charge < -0.3 is 0 Å². The van der Waals surface area contributed by atoms with E-state index in [1.807, 2.05) is 11.8 Å². The summed E-state index contributed by atoms with van der Waals surface area (Å²) in [6, 6.07) is 32.8. The van der Waals surface area contributed by atoms with Crippen molar-refractivity contribution < 1.29 is 0 Å². The highest BCUT2D eigenvalue weighted by molar-refractivity contribution is 8.01. The summed E-state index contributed by atoms with van der Waals surface area (Å²) >= 11 is 2.01. The van der Waals surface area contributed by atoms with Gasteiger partial charge in [-0.2, -0.15) is 0 Å². The number of rotatable bonds is 5. The molecule has 0 bridgehead atoms. The first-order chi connectivity index (χ1) is 11.2. The zero-order valence-electron chi connectivity index (χ0n) is 13.6. The van der Waals surface area contributed by atoms with Gasteiger partial charge in [-0.15, -0.1) is 11.8 Å². The number of thioether (sulfide) groups is 1. The third-order valence-electron chi connectivity index (χ3n) is 4.27. The molecule has 0 saturated heterocycles. The summed E-state index contributed by atoms with van der Waals surface area (Å²) in [7, 11) is -1.67. The number of hydrogen-bond donors (Lipinski definition) is 0. The SMILES string of the molecule is C[Si](C)(c1ccccc1)C(Sc1ccccc1)c1ccccc1. The van der Waals surface area contributed by atoms with Crippen molar-refractivity contribution in [3.63, 3.8) is 0 Å². The summed E-state index contributed by atoms with van der Waals surface area (Å²) < 4.78 is 0. The number of benzene rings is 3. The molecule has 0 aliphatic carbocycles. The monoisotopic (exact) mass is 334 g/mol. The van der Waals surface area contributed by atoms with Crippen LogP contribution in [0.25, 0.3) is 0 Å². The second-order valence-corrected chi connectivity index (χ2v) is 12.5. The molecule has 0 amide bonds. The van der Waals surface area contributed by atoms with Gasteiger partial charge in [-0.1, -0.05) is 97.1 Å². The Labute approximate surface area is 144 Å². The van der Waals surface area contributed by atoms with E-state index in [1.54, 1.807) is 0 Å². The molecule has 0 nitrogen and oxygen atoms in total. The van der Waals surface area contributed by atoms with E-state index in [9.17, 15) is 0 Å². The average molecular weight is 335 g/mol. The molecule has 0 N–H and O–H groups in total. The predicted molar refractivity (Wildman–Crippen MR) is 105 cm³/mol. The van der Waals surface area contributed by atoms with Crippen LogP contribution in [-0.4, -0.2) is 8.07 Å². The van der Waals surface area contributed by atoms with Crippen LogP contribution in [0.1, 0.15) is 10.4 Å². The van der Waals surface area contributed by atoms with Crippen molar-refractivity contribution in [2.24, 2.45) is 0 Å². The molecule has 0 spiro atoms. The van der Waals surface area contributed by atoms with Gasteiger partial charge in [0.25, 0.3) is 0 Å². The molecular weight excluding hydrogens is 312 g/mol. The van der Waals surface area contributed by atoms with Crippen LogP contribution < -0.4 is 5.19 Å². The Balaban J connectivity index is 2.01. The molecule has 0 aromatic heterocycles. The fraction of sp³-hybridized carbons (Fsp3) is 0.143. The smallest absolute Gasteiger partial charge is 0.0996 e. The van der Waals surface area contributed by atoms with E-state index < -0.39 is 8.07 Å². The van der Waals surface area contributed by atoms with Gasteiger partial charge in [0.15, 0.2) is 0 Å². The van der Waals surface area contributed by atoms with Gasteiger partial charge in [0.2, 0.25) is 0 Å². The highest BCUT2D eigenvalue weighted by atomic mass is 32.2. The largest absolute Gasteiger partial charge is 0.121 e. The fourth-order valence-electron chi connectivity index (χ4n) is 2.91. The number of hydrogen-bond acceptors (Lipinski definition) is 1. The molecule has 1 atom stereocenters. The summed E-state index contributed by atoms with van der Waals surface area (Å²) in [5.41, 5.74) is 1.43. The normalized spacial score (nSPS) is 12.8. The van der Waals surface area contributed by atoms with E-state index in [-0.39, 0.29) is 0 Å². The van der Waals surface area contributed by atoms with Crippen molar-refractivity contribution in [3.8, 4) is 0 Å². The first-order valence-corrected chi connectivity index (χ1v) is 12.0. The van der Waals surface area contributed by atoms with Crippen LogP contribution in [0.4, 0.5) is 0 Å². The highest BCUT2D eigenvalue weighted by Crippen LogP contribution is 2.41. The van der Waals surface area contributed by atoms with Gasteiger partial charge >= 0.3 is 0 Å². The van der Waals surface area contributed by atoms with Gasteiger partial charge in [0, 0.05) is 9.77 Å². The van der Waals surface area contributed by atoms with E-state index in [1.165, 1.54) is 15.6 Å². The Morgan fingerprint density at radius 2 is 1.13 bits per heavy atom. The third kappa shape index (κ3) is 3.77. The summed E-state index contributed by atoms with van der Waals surface area (Å²) in [5.74, 6) is 0. The summed E-state index contributed by atoms with van der Waals surface area (Å²) in [4.78, 5) is 1.84. The summed E-state index contributed by atoms with van der Waals surface area (Å²) in [6.07, 6.45) is 0. The van der Waals surface area contributed by atoms with Gasteiger partial charge in [-0.3, -0.25) is 0 Å². The van der Waals surface area contributed by atoms with Crippen LogP contribution in [0.15, 0.2) is 95.9 Å². The molecule has 0 aliphatic heterocycles. The van der Waals surface area contributed by atoms with Crippen LogP contribution >= 0.6 is 11.8 Å². The minimum Gasteiger partial charge on any atom is -0.121 e. The van der Waals surface area contributed by atoms with Gasteiger partial charge in [0.05, 0.1) is 8.07 Å². The van der Waals surface area contributed by atoms with Crippen molar-refractivity contribution in [2.75, 3.05) is 0 Å². The molecule has 116 valence electrons. The molecule has 23 heavy (non-hydrogen) atoms. The minimum atomic E-state index is -1.67. The molecular formula is C21H22SSi. The van der Waals surface area contributed by atoms with Gasteiger partial charge in [0.1, 0.15) is 0 Å². The van der Waals surface area contributed by atoms with Crippen LogP contribution in [0, 0.1) is 0 Å². The molecule has 3 rings (SSSR count). The quantitative estimate of drug-likeness (QED) is 0.427. The average Bonchev–Trinajstić information content (AvgIpc) is 2.62. The first-order valence-electron chi connectivity index (χ1n) is 8.00. The maximum atomic E-state index is 2.48. The van der Waals surface area contributed by atoms with E-state index in [0.29, 0.717) is 4.87 Å². The second-order valence-electron chi connectivity index (χ2n) is 6.31. The van der Waals surface area contributed by atoms with E-state index in [2.05, 4.69) is 104 Å². The lowest BCUT2D eigenvalue weighted by Crippen LogP contribution is -2.46. The van der Waals surface area contributed by atoms with Crippen LogP contribution in [0.3, 0.4) is 0 Å². The molecule has 0 fully saturated rings. The molecule has 3 aromatic rings. The van der Waals surface area contributed by atoms with Crippen molar-refractivity contribution in [3.05, 3.63) is 96.6 Å². The highest BCUT2D eigenvalue weighted by Gasteiger charge is 2.35. The van der Waals surface area contributed by atoms with Crippen molar-refractivity contribution in [1.29, 1.82) is 0 Å². The van der Waals surface area contributed by atoms with Crippen LogP contribution in [0.5, 0.6) is 0 Å². The summed E-state index contributed by atoms with van der Waals surface area (Å²) in [6.45, 7) is 4.96. The molecule has 0 heterocycles. The van der Waals surface area contributed by atoms with Crippen molar-refractivity contribution in [2.45, 2.75) is 22.9 Å². The topological polar surface area (TPSA) is 0 Å². The molecule has 3 aromatic carbocycles. The second kappa shape index (κ2) is 7.20. The molecule has 1 unspecified atom stereocenters. The van der Waals surface area contributed by atoms with Gasteiger partial charge in [-0.25, -0.2) is 0 Å². The Hall–Kier alpha value is -1.77. The molecule has 2 heteroatoms. The minimum absolute atomic E-state index is 0.494. The first kappa shape index (κ1) is 16.1. The molecule has 0 radical (unpaired) electrons. The van der Waals surface area contributed by atoms with Crippen molar-refractivity contribution in [1.82, 2.24) is 0 Å². The molecule has 0 aliphatic rings. The summed E-state index contributed by atoms with van der Waals surface area (Å²) in [5, 5.41) is 1.51. The maximum Gasteiger partial charge on any atom is 0.0996 e. The van der Waals surface area contributed by atoms with Crippen LogP contribution in [0.2, 0.25) is 13.1 Å². The zero-order chi connectivity index (χ0) is 16.1. The van der Waals surface area contributed by atoms with Gasteiger partial charge in [-0.05, 0) is 17.7 Å². The van der Waals surface area contributed by atoms with E-state index in [4.69, 9.17) is 0 Å². The molecule has 0 saturated carbocycles. The standard InChI is InChI=1S/C21H22SSi/c1-23(2,20-16-10-5-11-17-20)21(18-12-6-3-7-13-18)22-19-14-8-4-9-15-19/h3-17,21H,1-2H3. The maximum absolute atomic E-state index is 2.48. The van der Waals surface area contributed by atoms with Crippen molar-refractivity contribution >= 4 is 25.0 Å². The Kier molecular flexibility index (Phi) is 5.04. The Bertz CT molecular complexity index is 724.